The average Bonchev–Trinajstić information content (AvgIpc) is 2.52. The maximum atomic E-state index is 10.6. The predicted octanol–water partition coefficient (Wildman–Crippen LogP) is 2.19. The maximum absolute atomic E-state index is 10.6. The molecule has 0 aliphatic carbocycles. The first-order valence-corrected chi connectivity index (χ1v) is 3.83. The largest absolute Gasteiger partial charge is 0.459 e. The van der Waals surface area contributed by atoms with E-state index in [1.165, 1.54) is 0 Å². The molecular weight excluding hydrogens is 168 g/mol. The van der Waals surface area contributed by atoms with Crippen molar-refractivity contribution in [2.45, 2.75) is 6.92 Å². The maximum Gasteiger partial charge on any atom is 0.459 e. The molecule has 0 N–H and O–H groups in total. The van der Waals surface area contributed by atoms with Crippen LogP contribution < -0.4 is 0 Å². The monoisotopic (exact) mass is 175 g/mol. The number of aromatic nitrogens is 2. The van der Waals surface area contributed by atoms with Gasteiger partial charge in [-0.2, -0.15) is 0 Å². The van der Waals surface area contributed by atoms with Gasteiger partial charge in [-0.3, -0.25) is 0 Å². The fourth-order valence-electron chi connectivity index (χ4n) is 1.10. The molecule has 0 unspecified atom stereocenters. The van der Waals surface area contributed by atoms with E-state index in [4.69, 9.17) is 4.42 Å². The molecule has 2 rings (SSSR count). The summed E-state index contributed by atoms with van der Waals surface area (Å²) in [6.07, 6.45) is -0.656. The molecule has 0 aliphatic rings. The van der Waals surface area contributed by atoms with Crippen molar-refractivity contribution in [2.75, 3.05) is 0 Å². The molecule has 1 heterocycles. The van der Waals surface area contributed by atoms with Crippen molar-refractivity contribution in [1.82, 2.24) is 10.2 Å². The molecule has 0 spiro atoms. The molecule has 2 aromatic rings. The first kappa shape index (κ1) is 7.79. The van der Waals surface area contributed by atoms with Crippen molar-refractivity contribution in [3.05, 3.63) is 29.8 Å². The quantitative estimate of drug-likeness (QED) is 0.667. The molecule has 1 aromatic heterocycles. The van der Waals surface area contributed by atoms with Gasteiger partial charge in [-0.1, -0.05) is 22.8 Å². The van der Waals surface area contributed by atoms with Crippen LogP contribution in [0, 0.1) is 6.92 Å². The highest BCUT2D eigenvalue weighted by atomic mass is 16.5. The molecule has 65 valence electrons. The van der Waals surface area contributed by atoms with Gasteiger partial charge in [-0.25, -0.2) is 5.11 Å². The summed E-state index contributed by atoms with van der Waals surface area (Å²) in [5.74, 6) is 0.272. The van der Waals surface area contributed by atoms with E-state index in [9.17, 15) is 5.11 Å². The van der Waals surface area contributed by atoms with E-state index in [-0.39, 0.29) is 5.89 Å². The molecule has 0 amide bonds. The van der Waals surface area contributed by atoms with Crippen LogP contribution in [0.2, 0.25) is 0 Å². The summed E-state index contributed by atoms with van der Waals surface area (Å²) in [4.78, 5) is 0. The Morgan fingerprint density at radius 3 is 2.77 bits per heavy atom. The van der Waals surface area contributed by atoms with Gasteiger partial charge in [0, 0.05) is 5.56 Å². The van der Waals surface area contributed by atoms with Crippen LogP contribution in [0.5, 0.6) is 6.08 Å². The van der Waals surface area contributed by atoms with E-state index in [0.717, 1.165) is 11.1 Å². The summed E-state index contributed by atoms with van der Waals surface area (Å²) in [6, 6.07) is 7.53. The molecule has 13 heavy (non-hydrogen) atoms. The normalized spacial score (nSPS) is 10.2. The number of aryl methyl sites for hydroxylation is 1. The Hall–Kier alpha value is -1.84. The Morgan fingerprint density at radius 2 is 2.15 bits per heavy atom. The molecule has 1 aromatic carbocycles. The Balaban J connectivity index is 2.46. The van der Waals surface area contributed by atoms with Gasteiger partial charge >= 0.3 is 6.08 Å². The van der Waals surface area contributed by atoms with Gasteiger partial charge in [0.2, 0.25) is 0 Å². The summed E-state index contributed by atoms with van der Waals surface area (Å²) < 4.78 is 4.75. The minimum atomic E-state index is -0.656. The molecule has 4 heteroatoms. The van der Waals surface area contributed by atoms with E-state index in [1.54, 1.807) is 0 Å². The lowest BCUT2D eigenvalue weighted by atomic mass is 10.1. The third-order valence-corrected chi connectivity index (χ3v) is 1.67. The van der Waals surface area contributed by atoms with Crippen LogP contribution in [0.25, 0.3) is 11.5 Å². The van der Waals surface area contributed by atoms with Crippen molar-refractivity contribution < 1.29 is 9.52 Å². The standard InChI is InChI=1S/C9H7N2O2/c1-6-3-2-4-7(5-6)8-10-11-9(12)13-8/h2-5H,1H3. The van der Waals surface area contributed by atoms with Gasteiger partial charge in [0.15, 0.2) is 0 Å². The summed E-state index contributed by atoms with van der Waals surface area (Å²) >= 11 is 0. The zero-order valence-corrected chi connectivity index (χ0v) is 7.02. The van der Waals surface area contributed by atoms with Crippen LogP contribution in [-0.2, 0) is 5.11 Å². The molecule has 0 atom stereocenters. The highest BCUT2D eigenvalue weighted by Gasteiger charge is 2.07. The lowest BCUT2D eigenvalue weighted by Gasteiger charge is -1.94. The number of rotatable bonds is 1. The van der Waals surface area contributed by atoms with Crippen molar-refractivity contribution >= 4 is 0 Å². The first-order valence-electron chi connectivity index (χ1n) is 3.83. The average molecular weight is 175 g/mol. The van der Waals surface area contributed by atoms with Crippen LogP contribution in [0.4, 0.5) is 0 Å². The first-order chi connectivity index (χ1) is 6.25. The minimum Gasteiger partial charge on any atom is -0.386 e. The molecule has 0 fully saturated rings. The SMILES string of the molecule is Cc1cccc(-c2nnc([O])o2)c1. The Labute approximate surface area is 74.8 Å². The predicted molar refractivity (Wildman–Crippen MR) is 44.6 cm³/mol. The van der Waals surface area contributed by atoms with Gasteiger partial charge in [0.1, 0.15) is 0 Å². The molecule has 4 nitrogen and oxygen atoms in total. The van der Waals surface area contributed by atoms with Crippen LogP contribution >= 0.6 is 0 Å². The number of hydrogen-bond donors (Lipinski definition) is 0. The van der Waals surface area contributed by atoms with Crippen LogP contribution in [0.15, 0.2) is 28.7 Å². The fourth-order valence-corrected chi connectivity index (χ4v) is 1.10. The molecule has 1 radical (unpaired) electrons. The number of hydrogen-bond acceptors (Lipinski definition) is 3. The van der Waals surface area contributed by atoms with Gasteiger partial charge in [-0.05, 0) is 19.1 Å². The second kappa shape index (κ2) is 2.90. The lowest BCUT2D eigenvalue weighted by molar-refractivity contribution is 0.239. The van der Waals surface area contributed by atoms with Crippen LogP contribution in [0.3, 0.4) is 0 Å². The Kier molecular flexibility index (Phi) is 1.73. The zero-order valence-electron chi connectivity index (χ0n) is 7.02. The van der Waals surface area contributed by atoms with Gasteiger partial charge in [-0.15, -0.1) is 5.10 Å². The molecule has 0 saturated heterocycles. The van der Waals surface area contributed by atoms with Gasteiger partial charge in [0.05, 0.1) is 0 Å². The Bertz CT molecular complexity index is 423. The van der Waals surface area contributed by atoms with Gasteiger partial charge in [0.25, 0.3) is 5.89 Å². The van der Waals surface area contributed by atoms with E-state index < -0.39 is 6.08 Å². The van der Waals surface area contributed by atoms with E-state index in [0.29, 0.717) is 0 Å². The van der Waals surface area contributed by atoms with Crippen LogP contribution in [-0.4, -0.2) is 10.2 Å². The zero-order chi connectivity index (χ0) is 9.26. The van der Waals surface area contributed by atoms with Crippen molar-refractivity contribution in [2.24, 2.45) is 0 Å². The third-order valence-electron chi connectivity index (χ3n) is 1.67. The Morgan fingerprint density at radius 1 is 1.31 bits per heavy atom. The smallest absolute Gasteiger partial charge is 0.386 e. The third kappa shape index (κ3) is 1.51. The summed E-state index contributed by atoms with van der Waals surface area (Å²) in [6.45, 7) is 1.96. The van der Waals surface area contributed by atoms with Crippen molar-refractivity contribution in [1.29, 1.82) is 0 Å². The van der Waals surface area contributed by atoms with E-state index in [2.05, 4.69) is 10.2 Å². The highest BCUT2D eigenvalue weighted by Crippen LogP contribution is 2.20. The highest BCUT2D eigenvalue weighted by molar-refractivity contribution is 5.53. The van der Waals surface area contributed by atoms with E-state index in [1.807, 2.05) is 31.2 Å². The van der Waals surface area contributed by atoms with Crippen molar-refractivity contribution in [3.8, 4) is 17.5 Å². The molecule has 0 bridgehead atoms. The van der Waals surface area contributed by atoms with Gasteiger partial charge < -0.3 is 4.42 Å². The van der Waals surface area contributed by atoms with Crippen molar-refractivity contribution in [3.63, 3.8) is 0 Å². The molecular formula is C9H7N2O2. The lowest BCUT2D eigenvalue weighted by Crippen LogP contribution is -1.78. The second-order valence-electron chi connectivity index (χ2n) is 2.74. The fraction of sp³-hybridized carbons (Fsp3) is 0.111. The minimum absolute atomic E-state index is 0.272. The second-order valence-corrected chi connectivity index (χ2v) is 2.74. The summed E-state index contributed by atoms with van der Waals surface area (Å²) in [7, 11) is 0. The topological polar surface area (TPSA) is 58.8 Å². The van der Waals surface area contributed by atoms with Crippen LogP contribution in [0.1, 0.15) is 5.56 Å². The number of nitrogens with zero attached hydrogens (tertiary/aromatic N) is 2. The molecule has 0 aliphatic heterocycles. The summed E-state index contributed by atoms with van der Waals surface area (Å²) in [5.41, 5.74) is 1.86. The number of benzene rings is 1. The summed E-state index contributed by atoms with van der Waals surface area (Å²) in [5, 5.41) is 17.5. The van der Waals surface area contributed by atoms with E-state index >= 15 is 0 Å². The molecule has 0 saturated carbocycles.